The summed E-state index contributed by atoms with van der Waals surface area (Å²) in [6, 6.07) is 19.1. The maximum absolute atomic E-state index is 4.96. The van der Waals surface area contributed by atoms with Crippen molar-refractivity contribution in [3.63, 3.8) is 0 Å². The number of hydrogen-bond donors (Lipinski definition) is 2. The first-order valence-corrected chi connectivity index (χ1v) is 10.9. The maximum atomic E-state index is 4.96. The SMILES string of the molecule is Cc1cccc(-c2nc(CNC3CCc4ccccc43)[nH]c2-c2ccn3ncnc3c2)n1. The smallest absolute Gasteiger partial charge is 0.155 e. The molecule has 2 N–H and O–H groups in total. The molecular weight excluding hydrogens is 398 g/mol. The first kappa shape index (κ1) is 18.9. The lowest BCUT2D eigenvalue weighted by atomic mass is 10.1. The molecule has 1 unspecified atom stereocenters. The molecule has 0 fully saturated rings. The second kappa shape index (κ2) is 7.69. The van der Waals surface area contributed by atoms with Crippen molar-refractivity contribution in [2.45, 2.75) is 32.4 Å². The van der Waals surface area contributed by atoms with E-state index < -0.39 is 0 Å². The van der Waals surface area contributed by atoms with Gasteiger partial charge in [0.15, 0.2) is 5.65 Å². The Morgan fingerprint density at radius 1 is 1.09 bits per heavy atom. The monoisotopic (exact) mass is 421 g/mol. The van der Waals surface area contributed by atoms with E-state index in [0.29, 0.717) is 12.6 Å². The lowest BCUT2D eigenvalue weighted by Gasteiger charge is -2.12. The zero-order valence-corrected chi connectivity index (χ0v) is 17.8. The van der Waals surface area contributed by atoms with E-state index in [1.807, 2.05) is 43.5 Å². The summed E-state index contributed by atoms with van der Waals surface area (Å²) in [5.74, 6) is 0.893. The van der Waals surface area contributed by atoms with Crippen LogP contribution in [0, 0.1) is 6.92 Å². The number of nitrogens with zero attached hydrogens (tertiary/aromatic N) is 5. The highest BCUT2D eigenvalue weighted by atomic mass is 15.3. The molecule has 4 heterocycles. The number of fused-ring (bicyclic) bond motifs is 2. The normalized spacial score (nSPS) is 15.3. The maximum Gasteiger partial charge on any atom is 0.155 e. The average molecular weight is 422 g/mol. The average Bonchev–Trinajstić information content (AvgIpc) is 3.55. The fourth-order valence-corrected chi connectivity index (χ4v) is 4.54. The van der Waals surface area contributed by atoms with Gasteiger partial charge in [-0.1, -0.05) is 30.3 Å². The molecule has 0 saturated heterocycles. The van der Waals surface area contributed by atoms with E-state index in [-0.39, 0.29) is 0 Å². The van der Waals surface area contributed by atoms with Gasteiger partial charge in [0.05, 0.1) is 17.9 Å². The Morgan fingerprint density at radius 3 is 2.97 bits per heavy atom. The molecule has 0 amide bonds. The van der Waals surface area contributed by atoms with Crippen molar-refractivity contribution in [1.29, 1.82) is 0 Å². The van der Waals surface area contributed by atoms with E-state index >= 15 is 0 Å². The fourth-order valence-electron chi connectivity index (χ4n) is 4.54. The molecule has 1 aliphatic rings. The van der Waals surface area contributed by atoms with Crippen molar-refractivity contribution in [3.05, 3.63) is 89.8 Å². The number of pyridine rings is 2. The van der Waals surface area contributed by atoms with Gasteiger partial charge in [0.25, 0.3) is 0 Å². The molecule has 6 rings (SSSR count). The Bertz CT molecular complexity index is 1410. The Kier molecular flexibility index (Phi) is 4.54. The molecule has 4 aromatic heterocycles. The van der Waals surface area contributed by atoms with Crippen LogP contribution in [0.15, 0.2) is 67.1 Å². The third-order valence-electron chi connectivity index (χ3n) is 6.10. The zero-order chi connectivity index (χ0) is 21.5. The van der Waals surface area contributed by atoms with Crippen molar-refractivity contribution >= 4 is 5.65 Å². The number of benzene rings is 1. The summed E-state index contributed by atoms with van der Waals surface area (Å²) in [6.07, 6.45) is 5.71. The topological polar surface area (TPSA) is 83.8 Å². The molecule has 1 aliphatic carbocycles. The van der Waals surface area contributed by atoms with Crippen molar-refractivity contribution in [1.82, 2.24) is 34.9 Å². The summed E-state index contributed by atoms with van der Waals surface area (Å²) in [4.78, 5) is 17.6. The highest BCUT2D eigenvalue weighted by Gasteiger charge is 2.22. The third-order valence-corrected chi connectivity index (χ3v) is 6.10. The van der Waals surface area contributed by atoms with Gasteiger partial charge >= 0.3 is 0 Å². The van der Waals surface area contributed by atoms with Gasteiger partial charge < -0.3 is 10.3 Å². The Hall–Kier alpha value is -3.84. The van der Waals surface area contributed by atoms with Gasteiger partial charge in [-0.3, -0.25) is 4.98 Å². The van der Waals surface area contributed by atoms with Crippen LogP contribution < -0.4 is 5.32 Å². The van der Waals surface area contributed by atoms with Gasteiger partial charge in [-0.25, -0.2) is 14.5 Å². The van der Waals surface area contributed by atoms with Gasteiger partial charge in [0.1, 0.15) is 17.8 Å². The predicted octanol–water partition coefficient (Wildman–Crippen LogP) is 4.27. The Morgan fingerprint density at radius 2 is 2.03 bits per heavy atom. The number of nitrogens with one attached hydrogen (secondary N) is 2. The largest absolute Gasteiger partial charge is 0.340 e. The van der Waals surface area contributed by atoms with E-state index in [4.69, 9.17) is 9.97 Å². The molecule has 0 aliphatic heterocycles. The molecule has 0 spiro atoms. The molecule has 5 aromatic rings. The second-order valence-corrected chi connectivity index (χ2v) is 8.22. The first-order chi connectivity index (χ1) is 15.7. The molecule has 32 heavy (non-hydrogen) atoms. The predicted molar refractivity (Wildman–Crippen MR) is 123 cm³/mol. The summed E-state index contributed by atoms with van der Waals surface area (Å²) in [7, 11) is 0. The Balaban J connectivity index is 1.36. The van der Waals surface area contributed by atoms with Crippen LogP contribution in [-0.2, 0) is 13.0 Å². The first-order valence-electron chi connectivity index (χ1n) is 10.9. The molecule has 0 radical (unpaired) electrons. The third kappa shape index (κ3) is 3.36. The number of hydrogen-bond acceptors (Lipinski definition) is 5. The molecule has 7 nitrogen and oxygen atoms in total. The van der Waals surface area contributed by atoms with E-state index in [1.54, 1.807) is 10.8 Å². The molecule has 0 bridgehead atoms. The van der Waals surface area contributed by atoms with Crippen LogP contribution in [0.2, 0.25) is 0 Å². The van der Waals surface area contributed by atoms with Gasteiger partial charge in [0.2, 0.25) is 0 Å². The second-order valence-electron chi connectivity index (χ2n) is 8.22. The van der Waals surface area contributed by atoms with E-state index in [0.717, 1.165) is 52.7 Å². The van der Waals surface area contributed by atoms with Gasteiger partial charge in [0, 0.05) is 23.5 Å². The summed E-state index contributed by atoms with van der Waals surface area (Å²) in [5, 5.41) is 7.89. The molecule has 1 atom stereocenters. The molecule has 158 valence electrons. The minimum atomic E-state index is 0.354. The quantitative estimate of drug-likeness (QED) is 0.443. The summed E-state index contributed by atoms with van der Waals surface area (Å²) < 4.78 is 1.75. The van der Waals surface area contributed by atoms with Crippen molar-refractivity contribution < 1.29 is 0 Å². The lowest BCUT2D eigenvalue weighted by molar-refractivity contribution is 0.521. The highest BCUT2D eigenvalue weighted by Crippen LogP contribution is 2.32. The molecule has 0 saturated carbocycles. The van der Waals surface area contributed by atoms with Crippen LogP contribution in [-0.4, -0.2) is 29.5 Å². The van der Waals surface area contributed by atoms with Crippen LogP contribution >= 0.6 is 0 Å². The molecular formula is C25H23N7. The van der Waals surface area contributed by atoms with Crippen LogP contribution in [0.5, 0.6) is 0 Å². The van der Waals surface area contributed by atoms with Crippen molar-refractivity contribution in [3.8, 4) is 22.6 Å². The van der Waals surface area contributed by atoms with Crippen LogP contribution in [0.4, 0.5) is 0 Å². The number of H-pyrrole nitrogens is 1. The summed E-state index contributed by atoms with van der Waals surface area (Å²) >= 11 is 0. The van der Waals surface area contributed by atoms with Crippen LogP contribution in [0.3, 0.4) is 0 Å². The van der Waals surface area contributed by atoms with Gasteiger partial charge in [-0.05, 0) is 55.2 Å². The highest BCUT2D eigenvalue weighted by molar-refractivity contribution is 5.78. The molecule has 7 heteroatoms. The minimum Gasteiger partial charge on any atom is -0.340 e. The van der Waals surface area contributed by atoms with Gasteiger partial charge in [-0.15, -0.1) is 0 Å². The van der Waals surface area contributed by atoms with Crippen molar-refractivity contribution in [2.75, 3.05) is 0 Å². The fraction of sp³-hybridized carbons (Fsp3) is 0.200. The minimum absolute atomic E-state index is 0.354. The Labute approximate surface area is 185 Å². The van der Waals surface area contributed by atoms with E-state index in [1.165, 1.54) is 11.1 Å². The number of imidazole rings is 1. The van der Waals surface area contributed by atoms with Crippen LogP contribution in [0.25, 0.3) is 28.3 Å². The lowest BCUT2D eigenvalue weighted by Crippen LogP contribution is -2.19. The summed E-state index contributed by atoms with van der Waals surface area (Å²) in [5.41, 5.74) is 8.25. The number of rotatable bonds is 5. The molecule has 1 aromatic carbocycles. The standard InChI is InChI=1S/C25H23N7/c1-16-5-4-8-21(29-16)25-24(18-11-12-32-23(13-18)27-15-28-32)30-22(31-25)14-26-20-10-9-17-6-2-3-7-19(17)20/h2-8,11-13,15,20,26H,9-10,14H2,1H3,(H,30,31). The number of aryl methyl sites for hydroxylation is 2. The summed E-state index contributed by atoms with van der Waals surface area (Å²) in [6.45, 7) is 2.66. The number of aromatic nitrogens is 6. The van der Waals surface area contributed by atoms with Gasteiger partial charge in [-0.2, -0.15) is 5.10 Å². The van der Waals surface area contributed by atoms with Crippen LogP contribution in [0.1, 0.15) is 35.1 Å². The zero-order valence-electron chi connectivity index (χ0n) is 17.8. The van der Waals surface area contributed by atoms with E-state index in [9.17, 15) is 0 Å². The number of aromatic amines is 1. The van der Waals surface area contributed by atoms with E-state index in [2.05, 4.69) is 44.6 Å². The van der Waals surface area contributed by atoms with Crippen molar-refractivity contribution in [2.24, 2.45) is 0 Å².